The Hall–Kier alpha value is -3.45. The third kappa shape index (κ3) is 3.27. The molecule has 0 spiro atoms. The lowest BCUT2D eigenvalue weighted by Gasteiger charge is -2.28. The number of rotatable bonds is 5. The molecule has 5 heterocycles. The molecule has 0 bridgehead atoms. The molecule has 150 valence electrons. The van der Waals surface area contributed by atoms with Crippen molar-refractivity contribution in [3.63, 3.8) is 0 Å². The van der Waals surface area contributed by atoms with Crippen LogP contribution in [-0.2, 0) is 6.54 Å². The number of aryl methyl sites for hydroxylation is 1. The van der Waals surface area contributed by atoms with Gasteiger partial charge in [-0.05, 0) is 67.7 Å². The van der Waals surface area contributed by atoms with Gasteiger partial charge in [-0.1, -0.05) is 6.07 Å². The van der Waals surface area contributed by atoms with Crippen molar-refractivity contribution < 1.29 is 4.42 Å². The first-order valence-corrected chi connectivity index (χ1v) is 10.2. The number of furan rings is 1. The van der Waals surface area contributed by atoms with Crippen LogP contribution in [0, 0.1) is 6.92 Å². The van der Waals surface area contributed by atoms with E-state index < -0.39 is 0 Å². The van der Waals surface area contributed by atoms with E-state index in [1.165, 1.54) is 0 Å². The van der Waals surface area contributed by atoms with Crippen molar-refractivity contribution in [2.24, 2.45) is 0 Å². The summed E-state index contributed by atoms with van der Waals surface area (Å²) in [5.41, 5.74) is 4.22. The molecule has 0 aromatic carbocycles. The van der Waals surface area contributed by atoms with Gasteiger partial charge in [0, 0.05) is 23.8 Å². The molecular formula is C23H21N5OS. The number of nitrogens with zero attached hydrogens (tertiary/aromatic N) is 4. The maximum atomic E-state index is 5.76. The van der Waals surface area contributed by atoms with Crippen molar-refractivity contribution in [1.82, 2.24) is 24.8 Å². The summed E-state index contributed by atoms with van der Waals surface area (Å²) >= 11 is 5.76. The standard InChI is InChI=1S/C23H21N5OS/c1-16-9-10-20(28(16)17-6-4-11-24-14-17)22-21(19-8-2-3-12-25-19)26-23(30)27(22)15-18-7-5-13-29-18/h2-14,21-22H,15H2,1H3,(H,26,30)/t21-,22-/m0/s1. The predicted octanol–water partition coefficient (Wildman–Crippen LogP) is 4.34. The van der Waals surface area contributed by atoms with Gasteiger partial charge in [0.15, 0.2) is 5.11 Å². The molecule has 0 radical (unpaired) electrons. The van der Waals surface area contributed by atoms with Gasteiger partial charge in [0.1, 0.15) is 5.76 Å². The number of thiocarbonyl (C=S) groups is 1. The van der Waals surface area contributed by atoms with E-state index in [4.69, 9.17) is 16.6 Å². The Morgan fingerprint density at radius 2 is 2.00 bits per heavy atom. The van der Waals surface area contributed by atoms with Gasteiger partial charge in [-0.2, -0.15) is 0 Å². The van der Waals surface area contributed by atoms with Gasteiger partial charge in [-0.15, -0.1) is 0 Å². The molecule has 1 aliphatic heterocycles. The highest BCUT2D eigenvalue weighted by atomic mass is 32.1. The summed E-state index contributed by atoms with van der Waals surface area (Å²) in [6.07, 6.45) is 7.17. The molecule has 4 aromatic heterocycles. The maximum Gasteiger partial charge on any atom is 0.170 e. The largest absolute Gasteiger partial charge is 0.467 e. The Kier molecular flexibility index (Phi) is 4.80. The molecule has 2 atom stereocenters. The smallest absolute Gasteiger partial charge is 0.170 e. The maximum absolute atomic E-state index is 5.76. The molecule has 30 heavy (non-hydrogen) atoms. The van der Waals surface area contributed by atoms with Gasteiger partial charge < -0.3 is 19.2 Å². The van der Waals surface area contributed by atoms with Crippen molar-refractivity contribution in [2.45, 2.75) is 25.6 Å². The van der Waals surface area contributed by atoms with E-state index >= 15 is 0 Å². The normalized spacial score (nSPS) is 18.6. The van der Waals surface area contributed by atoms with E-state index in [1.807, 2.05) is 48.8 Å². The van der Waals surface area contributed by atoms with Crippen LogP contribution < -0.4 is 5.32 Å². The summed E-state index contributed by atoms with van der Waals surface area (Å²) in [6, 6.07) is 18.0. The quantitative estimate of drug-likeness (QED) is 0.489. The van der Waals surface area contributed by atoms with Crippen molar-refractivity contribution >= 4 is 17.3 Å². The first kappa shape index (κ1) is 18.6. The first-order valence-electron chi connectivity index (χ1n) is 9.81. The SMILES string of the molecule is Cc1ccc([C@H]2[C@H](c3ccccn3)NC(=S)N2Cc2ccco2)n1-c1cccnc1. The molecule has 4 aromatic rings. The molecule has 1 N–H and O–H groups in total. The zero-order valence-corrected chi connectivity index (χ0v) is 17.3. The van der Waals surface area contributed by atoms with Gasteiger partial charge in [-0.25, -0.2) is 0 Å². The van der Waals surface area contributed by atoms with Crippen LogP contribution in [0.15, 0.2) is 83.9 Å². The minimum atomic E-state index is -0.0848. The predicted molar refractivity (Wildman–Crippen MR) is 118 cm³/mol. The summed E-state index contributed by atoms with van der Waals surface area (Å²) in [7, 11) is 0. The lowest BCUT2D eigenvalue weighted by atomic mass is 10.0. The van der Waals surface area contributed by atoms with Crippen LogP contribution in [-0.4, -0.2) is 24.5 Å². The molecule has 1 aliphatic rings. The zero-order chi connectivity index (χ0) is 20.5. The Morgan fingerprint density at radius 1 is 1.07 bits per heavy atom. The fourth-order valence-corrected chi connectivity index (χ4v) is 4.40. The molecule has 1 fully saturated rings. The summed E-state index contributed by atoms with van der Waals surface area (Å²) in [6.45, 7) is 2.67. The van der Waals surface area contributed by atoms with Crippen molar-refractivity contribution in [1.29, 1.82) is 0 Å². The second-order valence-electron chi connectivity index (χ2n) is 7.28. The van der Waals surface area contributed by atoms with Crippen LogP contribution in [0.25, 0.3) is 5.69 Å². The molecular weight excluding hydrogens is 394 g/mol. The monoisotopic (exact) mass is 415 g/mol. The second kappa shape index (κ2) is 7.76. The summed E-state index contributed by atoms with van der Waals surface area (Å²) in [5, 5.41) is 4.18. The van der Waals surface area contributed by atoms with Crippen LogP contribution >= 0.6 is 12.2 Å². The zero-order valence-electron chi connectivity index (χ0n) is 16.5. The third-order valence-corrected chi connectivity index (χ3v) is 5.77. The van der Waals surface area contributed by atoms with Gasteiger partial charge in [0.25, 0.3) is 0 Å². The minimum absolute atomic E-state index is 0.0635. The van der Waals surface area contributed by atoms with Gasteiger partial charge >= 0.3 is 0 Å². The van der Waals surface area contributed by atoms with E-state index in [-0.39, 0.29) is 12.1 Å². The molecule has 0 amide bonds. The molecule has 0 saturated carbocycles. The third-order valence-electron chi connectivity index (χ3n) is 5.42. The number of aromatic nitrogens is 3. The van der Waals surface area contributed by atoms with Crippen LogP contribution in [0.2, 0.25) is 0 Å². The number of pyridine rings is 2. The average molecular weight is 416 g/mol. The van der Waals surface area contributed by atoms with Crippen LogP contribution in [0.3, 0.4) is 0 Å². The highest BCUT2D eigenvalue weighted by molar-refractivity contribution is 7.80. The first-order chi connectivity index (χ1) is 14.7. The molecule has 1 saturated heterocycles. The van der Waals surface area contributed by atoms with Crippen LogP contribution in [0.5, 0.6) is 0 Å². The molecule has 0 aliphatic carbocycles. The Labute approximate surface area is 180 Å². The van der Waals surface area contributed by atoms with Crippen LogP contribution in [0.4, 0.5) is 0 Å². The molecule has 0 unspecified atom stereocenters. The Bertz CT molecular complexity index is 1140. The minimum Gasteiger partial charge on any atom is -0.467 e. The van der Waals surface area contributed by atoms with E-state index in [0.717, 1.165) is 28.5 Å². The summed E-state index contributed by atoms with van der Waals surface area (Å²) in [5.74, 6) is 0.863. The van der Waals surface area contributed by atoms with E-state index in [9.17, 15) is 0 Å². The average Bonchev–Trinajstić information content (AvgIpc) is 3.50. The van der Waals surface area contributed by atoms with E-state index in [2.05, 4.69) is 49.9 Å². The Morgan fingerprint density at radius 3 is 2.73 bits per heavy atom. The summed E-state index contributed by atoms with van der Waals surface area (Å²) < 4.78 is 7.86. The number of nitrogens with one attached hydrogen (secondary N) is 1. The molecule has 7 heteroatoms. The van der Waals surface area contributed by atoms with Gasteiger partial charge in [0.05, 0.1) is 42.5 Å². The fourth-order valence-electron chi connectivity index (χ4n) is 4.10. The lowest BCUT2D eigenvalue weighted by molar-refractivity contribution is 0.280. The van der Waals surface area contributed by atoms with Crippen molar-refractivity contribution in [3.05, 3.63) is 102 Å². The Balaban J connectivity index is 1.64. The van der Waals surface area contributed by atoms with Gasteiger partial charge in [0.2, 0.25) is 0 Å². The number of hydrogen-bond donors (Lipinski definition) is 1. The lowest BCUT2D eigenvalue weighted by Crippen LogP contribution is -2.30. The highest BCUT2D eigenvalue weighted by Crippen LogP contribution is 2.40. The van der Waals surface area contributed by atoms with Crippen molar-refractivity contribution in [2.75, 3.05) is 0 Å². The fraction of sp³-hybridized carbons (Fsp3) is 0.174. The topological polar surface area (TPSA) is 59.1 Å². The highest BCUT2D eigenvalue weighted by Gasteiger charge is 2.41. The van der Waals surface area contributed by atoms with Crippen LogP contribution in [0.1, 0.15) is 34.9 Å². The second-order valence-corrected chi connectivity index (χ2v) is 7.67. The van der Waals surface area contributed by atoms with E-state index in [1.54, 1.807) is 12.5 Å². The molecule has 5 rings (SSSR count). The van der Waals surface area contributed by atoms with E-state index in [0.29, 0.717) is 11.7 Å². The molecule has 6 nitrogen and oxygen atoms in total. The number of hydrogen-bond acceptors (Lipinski definition) is 4. The van der Waals surface area contributed by atoms with Crippen molar-refractivity contribution in [3.8, 4) is 5.69 Å². The van der Waals surface area contributed by atoms with Gasteiger partial charge in [-0.3, -0.25) is 9.97 Å². The summed E-state index contributed by atoms with van der Waals surface area (Å²) in [4.78, 5) is 11.1.